The summed E-state index contributed by atoms with van der Waals surface area (Å²) in [5.41, 5.74) is 1.78. The Balaban J connectivity index is 1.50. The number of nitrogens with one attached hydrogen (secondary N) is 2. The number of benzene rings is 2. The first-order chi connectivity index (χ1) is 13.3. The molecule has 3 rings (SSSR count). The number of rotatable bonds is 8. The number of thioether (sulfide) groups is 1. The molecule has 2 N–H and O–H groups in total. The van der Waals surface area contributed by atoms with Gasteiger partial charge in [-0.3, -0.25) is 0 Å². The van der Waals surface area contributed by atoms with Gasteiger partial charge in [-0.15, -0.1) is 11.8 Å². The van der Waals surface area contributed by atoms with Crippen molar-refractivity contribution in [3.05, 3.63) is 72.6 Å². The summed E-state index contributed by atoms with van der Waals surface area (Å²) in [7, 11) is 0. The molecule has 0 saturated heterocycles. The van der Waals surface area contributed by atoms with Gasteiger partial charge in [-0.2, -0.15) is 0 Å². The maximum Gasteiger partial charge on any atom is 0.226 e. The van der Waals surface area contributed by atoms with Crippen LogP contribution in [0.3, 0.4) is 0 Å². The van der Waals surface area contributed by atoms with E-state index in [0.717, 1.165) is 36.1 Å². The minimum Gasteiger partial charge on any atom is -0.444 e. The van der Waals surface area contributed by atoms with Crippen LogP contribution in [0.1, 0.15) is 12.6 Å². The van der Waals surface area contributed by atoms with Gasteiger partial charge in [-0.25, -0.2) is 9.98 Å². The molecule has 0 amide bonds. The Kier molecular flexibility index (Phi) is 7.35. The summed E-state index contributed by atoms with van der Waals surface area (Å²) in [6.07, 6.45) is 1.67. The van der Waals surface area contributed by atoms with Crippen LogP contribution in [0.5, 0.6) is 0 Å². The van der Waals surface area contributed by atoms with E-state index >= 15 is 0 Å². The fourth-order valence-corrected chi connectivity index (χ4v) is 3.24. The molecule has 3 aromatic rings. The van der Waals surface area contributed by atoms with E-state index in [2.05, 4.69) is 51.8 Å². The Morgan fingerprint density at radius 1 is 1.04 bits per heavy atom. The molecule has 5 nitrogen and oxygen atoms in total. The summed E-state index contributed by atoms with van der Waals surface area (Å²) in [4.78, 5) is 10.4. The van der Waals surface area contributed by atoms with E-state index in [0.29, 0.717) is 12.4 Å². The smallest absolute Gasteiger partial charge is 0.226 e. The molecule has 0 aliphatic heterocycles. The Labute approximate surface area is 164 Å². The number of aliphatic imine (C=N–C) groups is 1. The molecule has 0 aliphatic rings. The Morgan fingerprint density at radius 3 is 2.52 bits per heavy atom. The van der Waals surface area contributed by atoms with Crippen LogP contribution < -0.4 is 10.6 Å². The highest BCUT2D eigenvalue weighted by atomic mass is 32.2. The Morgan fingerprint density at radius 2 is 1.78 bits per heavy atom. The molecule has 1 aromatic heterocycles. The third kappa shape index (κ3) is 6.18. The molecular weight excluding hydrogens is 356 g/mol. The molecule has 0 atom stereocenters. The Bertz CT molecular complexity index is 834. The lowest BCUT2D eigenvalue weighted by atomic mass is 10.2. The summed E-state index contributed by atoms with van der Waals surface area (Å²) < 4.78 is 5.57. The first-order valence-electron chi connectivity index (χ1n) is 9.05. The van der Waals surface area contributed by atoms with Crippen LogP contribution in [0.4, 0.5) is 0 Å². The van der Waals surface area contributed by atoms with Gasteiger partial charge in [0, 0.05) is 29.3 Å². The van der Waals surface area contributed by atoms with E-state index in [4.69, 9.17) is 4.42 Å². The largest absolute Gasteiger partial charge is 0.444 e. The zero-order chi connectivity index (χ0) is 18.7. The van der Waals surface area contributed by atoms with Gasteiger partial charge in [0.1, 0.15) is 12.0 Å². The van der Waals surface area contributed by atoms with Crippen LogP contribution in [-0.2, 0) is 6.54 Å². The molecule has 1 heterocycles. The monoisotopic (exact) mass is 380 g/mol. The van der Waals surface area contributed by atoms with E-state index in [-0.39, 0.29) is 0 Å². The lowest BCUT2D eigenvalue weighted by Crippen LogP contribution is -2.38. The molecule has 140 valence electrons. The van der Waals surface area contributed by atoms with E-state index in [1.54, 1.807) is 6.26 Å². The van der Waals surface area contributed by atoms with Crippen LogP contribution in [-0.4, -0.2) is 29.8 Å². The van der Waals surface area contributed by atoms with E-state index in [1.807, 2.05) is 48.2 Å². The molecule has 0 spiro atoms. The second kappa shape index (κ2) is 10.4. The molecular formula is C21H24N4OS. The summed E-state index contributed by atoms with van der Waals surface area (Å²) in [6.45, 7) is 4.17. The SMILES string of the molecule is CCNC(=NCc1coc(-c2ccccc2)n1)NCCSc1ccccc1. The molecule has 0 aliphatic carbocycles. The number of nitrogens with zero attached hydrogens (tertiary/aromatic N) is 2. The van der Waals surface area contributed by atoms with Gasteiger partial charge in [0.15, 0.2) is 5.96 Å². The van der Waals surface area contributed by atoms with Crippen molar-refractivity contribution in [1.82, 2.24) is 15.6 Å². The summed E-state index contributed by atoms with van der Waals surface area (Å²) in [5.74, 6) is 2.38. The molecule has 0 unspecified atom stereocenters. The highest BCUT2D eigenvalue weighted by Gasteiger charge is 2.06. The van der Waals surface area contributed by atoms with E-state index in [1.165, 1.54) is 4.90 Å². The number of guanidine groups is 1. The summed E-state index contributed by atoms with van der Waals surface area (Å²) >= 11 is 1.82. The van der Waals surface area contributed by atoms with Gasteiger partial charge in [0.05, 0.1) is 6.54 Å². The zero-order valence-corrected chi connectivity index (χ0v) is 16.2. The van der Waals surface area contributed by atoms with Crippen molar-refractivity contribution in [1.29, 1.82) is 0 Å². The number of aromatic nitrogens is 1. The summed E-state index contributed by atoms with van der Waals surface area (Å²) in [6, 6.07) is 20.3. The van der Waals surface area contributed by atoms with Crippen molar-refractivity contribution >= 4 is 17.7 Å². The Hall–Kier alpha value is -2.73. The fraction of sp³-hybridized carbons (Fsp3) is 0.238. The molecule has 0 fully saturated rings. The van der Waals surface area contributed by atoms with Crippen molar-refractivity contribution in [2.24, 2.45) is 4.99 Å². The van der Waals surface area contributed by atoms with Gasteiger partial charge >= 0.3 is 0 Å². The third-order valence-electron chi connectivity index (χ3n) is 3.72. The van der Waals surface area contributed by atoms with E-state index < -0.39 is 0 Å². The topological polar surface area (TPSA) is 62.5 Å². The van der Waals surface area contributed by atoms with E-state index in [9.17, 15) is 0 Å². The van der Waals surface area contributed by atoms with Crippen LogP contribution in [0.25, 0.3) is 11.5 Å². The number of hydrogen-bond acceptors (Lipinski definition) is 4. The average molecular weight is 381 g/mol. The lowest BCUT2D eigenvalue weighted by molar-refractivity contribution is 0.572. The van der Waals surface area contributed by atoms with Gasteiger partial charge in [-0.05, 0) is 31.2 Å². The molecule has 0 saturated carbocycles. The van der Waals surface area contributed by atoms with Gasteiger partial charge in [-0.1, -0.05) is 36.4 Å². The van der Waals surface area contributed by atoms with Crippen molar-refractivity contribution in [2.45, 2.75) is 18.4 Å². The van der Waals surface area contributed by atoms with Crippen LogP contribution in [0, 0.1) is 0 Å². The zero-order valence-electron chi connectivity index (χ0n) is 15.4. The van der Waals surface area contributed by atoms with Crippen molar-refractivity contribution in [3.63, 3.8) is 0 Å². The fourth-order valence-electron chi connectivity index (χ4n) is 2.45. The maximum absolute atomic E-state index is 5.57. The third-order valence-corrected chi connectivity index (χ3v) is 4.74. The maximum atomic E-state index is 5.57. The van der Waals surface area contributed by atoms with Crippen molar-refractivity contribution in [3.8, 4) is 11.5 Å². The first-order valence-corrected chi connectivity index (χ1v) is 10.0. The predicted molar refractivity (Wildman–Crippen MR) is 112 cm³/mol. The standard InChI is InChI=1S/C21H24N4OS/c1-2-22-21(23-13-14-27-19-11-7-4-8-12-19)24-15-18-16-26-20(25-18)17-9-5-3-6-10-17/h3-12,16H,2,13-15H2,1H3,(H2,22,23,24). The minimum absolute atomic E-state index is 0.470. The minimum atomic E-state index is 0.470. The van der Waals surface area contributed by atoms with Gasteiger partial charge in [0.25, 0.3) is 0 Å². The van der Waals surface area contributed by atoms with Gasteiger partial charge < -0.3 is 15.1 Å². The highest BCUT2D eigenvalue weighted by molar-refractivity contribution is 7.99. The van der Waals surface area contributed by atoms with Crippen LogP contribution in [0.2, 0.25) is 0 Å². The van der Waals surface area contributed by atoms with Crippen LogP contribution >= 0.6 is 11.8 Å². The quantitative estimate of drug-likeness (QED) is 0.266. The summed E-state index contributed by atoms with van der Waals surface area (Å²) in [5, 5.41) is 6.62. The second-order valence-corrected chi connectivity index (χ2v) is 6.96. The van der Waals surface area contributed by atoms with Crippen molar-refractivity contribution < 1.29 is 4.42 Å². The first kappa shape index (κ1) is 19.0. The van der Waals surface area contributed by atoms with Crippen LogP contribution in [0.15, 0.2) is 81.2 Å². The highest BCUT2D eigenvalue weighted by Crippen LogP contribution is 2.18. The molecule has 0 bridgehead atoms. The van der Waals surface area contributed by atoms with Gasteiger partial charge in [0.2, 0.25) is 5.89 Å². The lowest BCUT2D eigenvalue weighted by Gasteiger charge is -2.10. The number of hydrogen-bond donors (Lipinski definition) is 2. The molecule has 6 heteroatoms. The molecule has 27 heavy (non-hydrogen) atoms. The molecule has 0 radical (unpaired) electrons. The van der Waals surface area contributed by atoms with Crippen molar-refractivity contribution in [2.75, 3.05) is 18.8 Å². The molecule has 2 aromatic carbocycles. The normalized spacial score (nSPS) is 11.4. The number of oxazole rings is 1. The average Bonchev–Trinajstić information content (AvgIpc) is 3.20. The predicted octanol–water partition coefficient (Wildman–Crippen LogP) is 4.19. The second-order valence-electron chi connectivity index (χ2n) is 5.79.